The topological polar surface area (TPSA) is 46.7 Å². The monoisotopic (exact) mass is 550 g/mol. The predicted molar refractivity (Wildman–Crippen MR) is 141 cm³/mol. The maximum absolute atomic E-state index is 6.55. The average Bonchev–Trinajstić information content (AvgIpc) is 2.87. The molecular formula is C27H48Cl2N2O2Ti-2. The van der Waals surface area contributed by atoms with E-state index in [4.69, 9.17) is 38.7 Å². The van der Waals surface area contributed by atoms with Gasteiger partial charge >= 0.3 is 35.6 Å². The number of halogens is 2. The van der Waals surface area contributed by atoms with Crippen molar-refractivity contribution in [2.75, 3.05) is 13.1 Å². The van der Waals surface area contributed by atoms with Crippen LogP contribution in [0.2, 0.25) is 0 Å². The molecule has 4 nitrogen and oxygen atoms in total. The fourth-order valence-corrected chi connectivity index (χ4v) is 6.37. The predicted octanol–water partition coefficient (Wildman–Crippen LogP) is 8.82. The standard InChI is InChI=1S/C27H48N2O2.2ClH.Ti/c1-3-12-22(13-4-1)30-26-18-9-7-16-24(26)28-20-11-21-29-25-17-8-10-19-27(25)31-23-14-5-2-6-15-23;;;/h22-27H,1-21H2;2*1H;/q-2;;;+2/p-2. The van der Waals surface area contributed by atoms with Crippen LogP contribution in [0.4, 0.5) is 0 Å². The molecule has 0 aromatic heterocycles. The van der Waals surface area contributed by atoms with Crippen LogP contribution in [0.3, 0.4) is 0 Å². The third kappa shape index (κ3) is 11.3. The summed E-state index contributed by atoms with van der Waals surface area (Å²) in [6.07, 6.45) is 26.4. The van der Waals surface area contributed by atoms with Crippen LogP contribution < -0.4 is 0 Å². The average molecular weight is 551 g/mol. The Morgan fingerprint density at radius 1 is 0.529 bits per heavy atom. The first-order valence-electron chi connectivity index (χ1n) is 14.4. The van der Waals surface area contributed by atoms with Gasteiger partial charge < -0.3 is 20.1 Å². The van der Waals surface area contributed by atoms with E-state index < -0.39 is 17.0 Å². The van der Waals surface area contributed by atoms with Crippen molar-refractivity contribution in [3.05, 3.63) is 10.6 Å². The molecule has 0 aliphatic heterocycles. The molecule has 4 fully saturated rings. The zero-order valence-corrected chi connectivity index (χ0v) is 24.4. The van der Waals surface area contributed by atoms with Crippen LogP contribution in [0, 0.1) is 0 Å². The van der Waals surface area contributed by atoms with Gasteiger partial charge in [0.25, 0.3) is 0 Å². The summed E-state index contributed by atoms with van der Waals surface area (Å²) in [7, 11) is 9.78. The number of hydrogen-bond acceptors (Lipinski definition) is 2. The van der Waals surface area contributed by atoms with Gasteiger partial charge in [0.2, 0.25) is 0 Å². The molecule has 4 atom stereocenters. The molecule has 0 spiro atoms. The van der Waals surface area contributed by atoms with Gasteiger partial charge in [0.15, 0.2) is 0 Å². The van der Waals surface area contributed by atoms with Crippen molar-refractivity contribution in [3.63, 3.8) is 0 Å². The van der Waals surface area contributed by atoms with Crippen LogP contribution in [0.1, 0.15) is 122 Å². The molecule has 4 rings (SSSR count). The Labute approximate surface area is 226 Å². The van der Waals surface area contributed by atoms with Crippen molar-refractivity contribution >= 4 is 18.6 Å². The molecule has 4 aliphatic rings. The van der Waals surface area contributed by atoms with E-state index in [0.29, 0.717) is 36.5 Å². The Morgan fingerprint density at radius 3 is 1.29 bits per heavy atom. The van der Waals surface area contributed by atoms with Gasteiger partial charge in [0, 0.05) is 12.2 Å². The molecule has 198 valence electrons. The third-order valence-corrected chi connectivity index (χ3v) is 8.22. The summed E-state index contributed by atoms with van der Waals surface area (Å²) >= 11 is -0.556. The van der Waals surface area contributed by atoms with Crippen molar-refractivity contribution in [2.45, 2.75) is 158 Å². The summed E-state index contributed by atoms with van der Waals surface area (Å²) in [5, 5.41) is 10.2. The van der Waals surface area contributed by atoms with Crippen LogP contribution in [-0.4, -0.2) is 49.6 Å². The van der Waals surface area contributed by atoms with E-state index in [0.717, 1.165) is 19.5 Å². The van der Waals surface area contributed by atoms with Crippen LogP contribution in [0.15, 0.2) is 0 Å². The molecule has 34 heavy (non-hydrogen) atoms. The fourth-order valence-electron chi connectivity index (χ4n) is 6.37. The van der Waals surface area contributed by atoms with Crippen LogP contribution >= 0.6 is 18.6 Å². The van der Waals surface area contributed by atoms with E-state index in [1.54, 1.807) is 0 Å². The van der Waals surface area contributed by atoms with Gasteiger partial charge in [0.05, 0.1) is 12.2 Å². The number of ether oxygens (including phenoxy) is 2. The second-order valence-corrected chi connectivity index (χ2v) is 13.4. The summed E-state index contributed by atoms with van der Waals surface area (Å²) in [6.45, 7) is 1.92. The van der Waals surface area contributed by atoms with E-state index in [9.17, 15) is 0 Å². The van der Waals surface area contributed by atoms with E-state index in [-0.39, 0.29) is 0 Å². The number of rotatable bonds is 10. The summed E-state index contributed by atoms with van der Waals surface area (Å²) in [6, 6.07) is 0.875. The van der Waals surface area contributed by atoms with Crippen LogP contribution in [0.5, 0.6) is 0 Å². The molecule has 0 heterocycles. The summed E-state index contributed by atoms with van der Waals surface area (Å²) < 4.78 is 13.1. The minimum atomic E-state index is -0.556. The second kappa shape index (κ2) is 18.4. The van der Waals surface area contributed by atoms with Crippen molar-refractivity contribution in [2.24, 2.45) is 0 Å². The second-order valence-electron chi connectivity index (χ2n) is 10.8. The summed E-state index contributed by atoms with van der Waals surface area (Å²) in [5.41, 5.74) is 0. The van der Waals surface area contributed by atoms with Gasteiger partial charge in [0.1, 0.15) is 0 Å². The molecule has 4 unspecified atom stereocenters. The van der Waals surface area contributed by atoms with Crippen molar-refractivity contribution < 1.29 is 26.5 Å². The Kier molecular flexibility index (Phi) is 16.1. The fraction of sp³-hybridized carbons (Fsp3) is 1.00. The minimum absolute atomic E-state index is 0.389. The SMILES string of the molecule is C1CCC(OC2CCCCC2[N-]CCC[N-]C2CCCCC2OC2CCCCC2)CC1.[Cl][Ti][Cl]. The van der Waals surface area contributed by atoms with E-state index in [2.05, 4.69) is 0 Å². The first kappa shape index (κ1) is 29.7. The van der Waals surface area contributed by atoms with E-state index in [1.807, 2.05) is 0 Å². The van der Waals surface area contributed by atoms with E-state index in [1.165, 1.54) is 116 Å². The first-order chi connectivity index (χ1) is 16.8. The van der Waals surface area contributed by atoms with Gasteiger partial charge in [-0.15, -0.1) is 12.1 Å². The van der Waals surface area contributed by atoms with Gasteiger partial charge in [-0.3, -0.25) is 0 Å². The van der Waals surface area contributed by atoms with Crippen molar-refractivity contribution in [1.29, 1.82) is 0 Å². The molecule has 4 aliphatic carbocycles. The number of nitrogens with zero attached hydrogens (tertiary/aromatic N) is 2. The zero-order chi connectivity index (χ0) is 23.8. The van der Waals surface area contributed by atoms with Crippen LogP contribution in [-0.2, 0) is 26.5 Å². The normalized spacial score (nSPS) is 31.5. The summed E-state index contributed by atoms with van der Waals surface area (Å²) in [4.78, 5) is 0. The molecular weight excluding hydrogens is 503 g/mol. The van der Waals surface area contributed by atoms with Gasteiger partial charge in [-0.05, 0) is 38.5 Å². The van der Waals surface area contributed by atoms with E-state index >= 15 is 0 Å². The van der Waals surface area contributed by atoms with Crippen molar-refractivity contribution in [3.8, 4) is 0 Å². The Bertz CT molecular complexity index is 465. The third-order valence-electron chi connectivity index (χ3n) is 8.22. The Hall–Kier alpha value is 1.13. The molecule has 0 radical (unpaired) electrons. The maximum atomic E-state index is 6.55. The first-order valence-corrected chi connectivity index (χ1v) is 18.7. The van der Waals surface area contributed by atoms with Gasteiger partial charge in [-0.25, -0.2) is 0 Å². The molecule has 0 amide bonds. The molecule has 0 aromatic rings. The van der Waals surface area contributed by atoms with Crippen molar-refractivity contribution in [1.82, 2.24) is 0 Å². The molecule has 7 heteroatoms. The Balaban J connectivity index is 0.00000103. The number of hydrogen-bond donors (Lipinski definition) is 0. The molecule has 4 saturated carbocycles. The zero-order valence-electron chi connectivity index (χ0n) is 21.3. The quantitative estimate of drug-likeness (QED) is 0.201. The molecule has 0 N–H and O–H groups in total. The molecule has 0 saturated heterocycles. The van der Waals surface area contributed by atoms with Gasteiger partial charge in [-0.1, -0.05) is 83.5 Å². The Morgan fingerprint density at radius 2 is 0.882 bits per heavy atom. The molecule has 0 aromatic carbocycles. The summed E-state index contributed by atoms with van der Waals surface area (Å²) in [5.74, 6) is 0. The van der Waals surface area contributed by atoms with Gasteiger partial charge in [-0.2, -0.15) is 13.1 Å². The molecule has 0 bridgehead atoms. The van der Waals surface area contributed by atoms with Crippen LogP contribution in [0.25, 0.3) is 10.6 Å².